The van der Waals surface area contributed by atoms with Gasteiger partial charge in [-0.05, 0) is 38.6 Å². The van der Waals surface area contributed by atoms with Crippen molar-refractivity contribution in [3.63, 3.8) is 0 Å². The predicted molar refractivity (Wildman–Crippen MR) is 77.1 cm³/mol. The van der Waals surface area contributed by atoms with Crippen molar-refractivity contribution in [2.75, 3.05) is 39.6 Å². The minimum atomic E-state index is -3.13. The molecule has 0 unspecified atom stereocenters. The number of nitrogens with zero attached hydrogens (tertiary/aromatic N) is 1. The van der Waals surface area contributed by atoms with Crippen molar-refractivity contribution >= 4 is 9.84 Å². The smallest absolute Gasteiger partial charge is 0.178 e. The maximum atomic E-state index is 12.0. The van der Waals surface area contributed by atoms with Crippen molar-refractivity contribution in [2.24, 2.45) is 0 Å². The number of rotatable bonds is 9. The van der Waals surface area contributed by atoms with Gasteiger partial charge in [0.1, 0.15) is 0 Å². The van der Waals surface area contributed by atoms with Crippen molar-refractivity contribution in [2.45, 2.75) is 17.7 Å². The van der Waals surface area contributed by atoms with Crippen molar-refractivity contribution in [1.82, 2.24) is 4.90 Å². The average molecular weight is 285 g/mol. The van der Waals surface area contributed by atoms with Crippen LogP contribution in [0.2, 0.25) is 0 Å². The monoisotopic (exact) mass is 285 g/mol. The van der Waals surface area contributed by atoms with Crippen LogP contribution in [0, 0.1) is 0 Å². The van der Waals surface area contributed by atoms with E-state index in [1.807, 2.05) is 13.1 Å². The molecule has 1 aromatic rings. The lowest BCUT2D eigenvalue weighted by Gasteiger charge is -2.16. The van der Waals surface area contributed by atoms with Gasteiger partial charge in [-0.15, -0.1) is 0 Å². The summed E-state index contributed by atoms with van der Waals surface area (Å²) in [4.78, 5) is 2.55. The third-order valence-electron chi connectivity index (χ3n) is 2.94. The van der Waals surface area contributed by atoms with Crippen LogP contribution in [-0.2, 0) is 14.6 Å². The highest BCUT2D eigenvalue weighted by Crippen LogP contribution is 2.11. The first-order valence-electron chi connectivity index (χ1n) is 6.51. The van der Waals surface area contributed by atoms with Crippen LogP contribution < -0.4 is 0 Å². The van der Waals surface area contributed by atoms with Gasteiger partial charge in [-0.25, -0.2) is 8.42 Å². The summed E-state index contributed by atoms with van der Waals surface area (Å²) in [6, 6.07) is 8.63. The molecule has 0 amide bonds. The number of hydrogen-bond acceptors (Lipinski definition) is 4. The molecule has 0 N–H and O–H groups in total. The Hall–Kier alpha value is -0.910. The fourth-order valence-electron chi connectivity index (χ4n) is 1.86. The minimum absolute atomic E-state index is 0.200. The second-order valence-electron chi connectivity index (χ2n) is 4.64. The van der Waals surface area contributed by atoms with Gasteiger partial charge >= 0.3 is 0 Å². The summed E-state index contributed by atoms with van der Waals surface area (Å²) < 4.78 is 29.1. The second kappa shape index (κ2) is 8.30. The van der Waals surface area contributed by atoms with Gasteiger partial charge in [0, 0.05) is 20.3 Å². The highest BCUT2D eigenvalue weighted by atomic mass is 32.2. The van der Waals surface area contributed by atoms with Gasteiger partial charge in [-0.1, -0.05) is 18.2 Å². The molecule has 19 heavy (non-hydrogen) atoms. The SMILES string of the molecule is COCCCN(C)CCCS(=O)(=O)c1ccccc1. The van der Waals surface area contributed by atoms with Crippen molar-refractivity contribution < 1.29 is 13.2 Å². The Kier molecular flexibility index (Phi) is 7.05. The summed E-state index contributed by atoms with van der Waals surface area (Å²) in [7, 11) is 0.559. The van der Waals surface area contributed by atoms with Gasteiger partial charge < -0.3 is 9.64 Å². The number of sulfone groups is 1. The zero-order chi connectivity index (χ0) is 14.1. The van der Waals surface area contributed by atoms with Crippen LogP contribution in [0.5, 0.6) is 0 Å². The van der Waals surface area contributed by atoms with Crippen molar-refractivity contribution in [3.8, 4) is 0 Å². The van der Waals surface area contributed by atoms with E-state index in [0.717, 1.165) is 26.1 Å². The molecule has 0 aliphatic heterocycles. The molecule has 0 heterocycles. The third-order valence-corrected chi connectivity index (χ3v) is 4.76. The molecular weight excluding hydrogens is 262 g/mol. The molecule has 0 atom stereocenters. The first-order chi connectivity index (χ1) is 9.06. The molecule has 0 saturated heterocycles. The molecule has 0 bridgehead atoms. The quantitative estimate of drug-likeness (QED) is 0.649. The van der Waals surface area contributed by atoms with E-state index in [0.29, 0.717) is 11.3 Å². The molecule has 1 aromatic carbocycles. The molecule has 0 spiro atoms. The fourth-order valence-corrected chi connectivity index (χ4v) is 3.18. The average Bonchev–Trinajstić information content (AvgIpc) is 2.40. The van der Waals surface area contributed by atoms with E-state index in [2.05, 4.69) is 4.90 Å². The van der Waals surface area contributed by atoms with E-state index in [1.165, 1.54) is 0 Å². The number of ether oxygens (including phenoxy) is 1. The standard InChI is InChI=1S/C14H23NO3S/c1-15(10-6-12-18-2)11-7-13-19(16,17)14-8-4-3-5-9-14/h3-5,8-9H,6-7,10-13H2,1-2H3. The van der Waals surface area contributed by atoms with Crippen LogP contribution in [0.4, 0.5) is 0 Å². The Morgan fingerprint density at radius 1 is 1.11 bits per heavy atom. The van der Waals surface area contributed by atoms with E-state index in [4.69, 9.17) is 4.74 Å². The zero-order valence-electron chi connectivity index (χ0n) is 11.7. The molecule has 108 valence electrons. The molecule has 0 aliphatic rings. The summed E-state index contributed by atoms with van der Waals surface area (Å²) in [5.74, 6) is 0.200. The van der Waals surface area contributed by atoms with Crippen LogP contribution in [0.3, 0.4) is 0 Å². The van der Waals surface area contributed by atoms with E-state index in [-0.39, 0.29) is 5.75 Å². The molecule has 0 radical (unpaired) electrons. The lowest BCUT2D eigenvalue weighted by atomic mass is 10.4. The van der Waals surface area contributed by atoms with Gasteiger partial charge in [0.25, 0.3) is 0 Å². The lowest BCUT2D eigenvalue weighted by Crippen LogP contribution is -2.23. The first kappa shape index (κ1) is 16.1. The second-order valence-corrected chi connectivity index (χ2v) is 6.74. The Morgan fingerprint density at radius 3 is 2.37 bits per heavy atom. The van der Waals surface area contributed by atoms with E-state index in [1.54, 1.807) is 31.4 Å². The van der Waals surface area contributed by atoms with Crippen LogP contribution >= 0.6 is 0 Å². The first-order valence-corrected chi connectivity index (χ1v) is 8.17. The highest BCUT2D eigenvalue weighted by Gasteiger charge is 2.13. The van der Waals surface area contributed by atoms with E-state index < -0.39 is 9.84 Å². The molecular formula is C14H23NO3S. The van der Waals surface area contributed by atoms with Gasteiger partial charge in [0.05, 0.1) is 10.6 Å². The van der Waals surface area contributed by atoms with Crippen LogP contribution in [0.15, 0.2) is 35.2 Å². The Balaban J connectivity index is 2.32. The van der Waals surface area contributed by atoms with Crippen molar-refractivity contribution in [3.05, 3.63) is 30.3 Å². The Labute approximate surface area is 116 Å². The summed E-state index contributed by atoms with van der Waals surface area (Å²) in [6.07, 6.45) is 1.62. The maximum Gasteiger partial charge on any atom is 0.178 e. The van der Waals surface area contributed by atoms with Gasteiger partial charge in [-0.2, -0.15) is 0 Å². The number of benzene rings is 1. The molecule has 5 heteroatoms. The highest BCUT2D eigenvalue weighted by molar-refractivity contribution is 7.91. The molecule has 4 nitrogen and oxygen atoms in total. The largest absolute Gasteiger partial charge is 0.385 e. The lowest BCUT2D eigenvalue weighted by molar-refractivity contribution is 0.179. The van der Waals surface area contributed by atoms with Crippen LogP contribution in [-0.4, -0.2) is 52.9 Å². The van der Waals surface area contributed by atoms with Gasteiger partial charge in [-0.3, -0.25) is 0 Å². The van der Waals surface area contributed by atoms with E-state index >= 15 is 0 Å². The minimum Gasteiger partial charge on any atom is -0.385 e. The topological polar surface area (TPSA) is 46.6 Å². The summed E-state index contributed by atoms with van der Waals surface area (Å²) in [6.45, 7) is 2.46. The van der Waals surface area contributed by atoms with Crippen LogP contribution in [0.1, 0.15) is 12.8 Å². The third kappa shape index (κ3) is 6.18. The Morgan fingerprint density at radius 2 is 1.74 bits per heavy atom. The molecule has 0 aromatic heterocycles. The predicted octanol–water partition coefficient (Wildman–Crippen LogP) is 1.82. The number of methoxy groups -OCH3 is 1. The van der Waals surface area contributed by atoms with E-state index in [9.17, 15) is 8.42 Å². The van der Waals surface area contributed by atoms with Gasteiger partial charge in [0.2, 0.25) is 0 Å². The number of hydrogen-bond donors (Lipinski definition) is 0. The fraction of sp³-hybridized carbons (Fsp3) is 0.571. The Bertz CT molecular complexity index is 445. The normalized spacial score (nSPS) is 11.9. The summed E-state index contributed by atoms with van der Waals surface area (Å²) in [5.41, 5.74) is 0. The summed E-state index contributed by atoms with van der Waals surface area (Å²) >= 11 is 0. The summed E-state index contributed by atoms with van der Waals surface area (Å²) in [5, 5.41) is 0. The maximum absolute atomic E-state index is 12.0. The van der Waals surface area contributed by atoms with Crippen molar-refractivity contribution in [1.29, 1.82) is 0 Å². The van der Waals surface area contributed by atoms with Crippen LogP contribution in [0.25, 0.3) is 0 Å². The molecule has 0 fully saturated rings. The molecule has 0 aliphatic carbocycles. The molecule has 1 rings (SSSR count). The van der Waals surface area contributed by atoms with Gasteiger partial charge in [0.15, 0.2) is 9.84 Å². The zero-order valence-corrected chi connectivity index (χ0v) is 12.5. The molecule has 0 saturated carbocycles.